The normalized spacial score (nSPS) is 11.9. The van der Waals surface area contributed by atoms with Crippen LogP contribution in [0, 0.1) is 5.82 Å². The molecule has 5 aromatic rings. The zero-order valence-electron chi connectivity index (χ0n) is 27.5. The number of rotatable bonds is 5. The third kappa shape index (κ3) is 6.76. The molecular weight excluding hydrogens is 605 g/mol. The van der Waals surface area contributed by atoms with Crippen molar-refractivity contribution in [2.75, 3.05) is 12.0 Å². The molecule has 244 valence electrons. The Balaban J connectivity index is 1.75. The summed E-state index contributed by atoms with van der Waals surface area (Å²) in [6.07, 6.45) is 1.53. The molecule has 2 amide bonds. The van der Waals surface area contributed by atoms with Crippen LogP contribution < -0.4 is 4.90 Å². The summed E-state index contributed by atoms with van der Waals surface area (Å²) in [6.45, 7) is 12.0. The number of benzene rings is 2. The van der Waals surface area contributed by atoms with Crippen molar-refractivity contribution in [2.24, 2.45) is 0 Å². The van der Waals surface area contributed by atoms with Crippen LogP contribution in [0.2, 0.25) is 0 Å². The molecular formula is C35H36FN5O6. The summed E-state index contributed by atoms with van der Waals surface area (Å²) in [5.74, 6) is -0.569. The van der Waals surface area contributed by atoms with Crippen LogP contribution >= 0.6 is 0 Å². The quantitative estimate of drug-likeness (QED) is 0.140. The van der Waals surface area contributed by atoms with E-state index in [1.54, 1.807) is 88.7 Å². The fraction of sp³-hybridized carbons (Fsp3) is 0.314. The highest BCUT2D eigenvalue weighted by molar-refractivity contribution is 6.09. The Bertz CT molecular complexity index is 1990. The van der Waals surface area contributed by atoms with Gasteiger partial charge in [-0.25, -0.2) is 28.7 Å². The molecule has 0 unspecified atom stereocenters. The number of ether oxygens (including phenoxy) is 3. The minimum absolute atomic E-state index is 0.0596. The largest absolute Gasteiger partial charge is 0.465 e. The van der Waals surface area contributed by atoms with Crippen LogP contribution in [-0.2, 0) is 20.6 Å². The van der Waals surface area contributed by atoms with Crippen molar-refractivity contribution in [1.29, 1.82) is 0 Å². The summed E-state index contributed by atoms with van der Waals surface area (Å²) in [5, 5.41) is 0.297. The lowest BCUT2D eigenvalue weighted by Gasteiger charge is -2.28. The molecule has 0 atom stereocenters. The number of fused-ring (bicyclic) bond motifs is 2. The number of hydrogen-bond acceptors (Lipinski definition) is 9. The van der Waals surface area contributed by atoms with Crippen molar-refractivity contribution in [2.45, 2.75) is 66.1 Å². The van der Waals surface area contributed by atoms with Crippen molar-refractivity contribution in [3.8, 4) is 16.8 Å². The summed E-state index contributed by atoms with van der Waals surface area (Å²) < 4.78 is 33.3. The Morgan fingerprint density at radius 1 is 0.872 bits per heavy atom. The van der Waals surface area contributed by atoms with Gasteiger partial charge in [0.15, 0.2) is 0 Å². The van der Waals surface area contributed by atoms with E-state index in [1.165, 1.54) is 25.4 Å². The highest BCUT2D eigenvalue weighted by atomic mass is 19.1. The number of esters is 1. The first-order valence-electron chi connectivity index (χ1n) is 15.0. The molecule has 3 heterocycles. The van der Waals surface area contributed by atoms with E-state index in [2.05, 4.69) is 9.97 Å². The molecule has 0 aliphatic rings. The number of aryl methyl sites for hydroxylation is 1. The van der Waals surface area contributed by atoms with E-state index in [1.807, 2.05) is 6.92 Å². The first-order valence-corrected chi connectivity index (χ1v) is 15.0. The van der Waals surface area contributed by atoms with Crippen LogP contribution in [0.5, 0.6) is 0 Å². The van der Waals surface area contributed by atoms with Gasteiger partial charge in [-0.05, 0) is 95.1 Å². The van der Waals surface area contributed by atoms with E-state index >= 15 is 4.39 Å². The average Bonchev–Trinajstić information content (AvgIpc) is 3.37. The van der Waals surface area contributed by atoms with Crippen LogP contribution in [0.4, 0.5) is 19.8 Å². The lowest BCUT2D eigenvalue weighted by molar-refractivity contribution is 0.0428. The molecule has 0 N–H and O–H groups in total. The van der Waals surface area contributed by atoms with Crippen LogP contribution in [0.15, 0.2) is 60.9 Å². The molecule has 0 saturated carbocycles. The van der Waals surface area contributed by atoms with Crippen molar-refractivity contribution in [3.63, 3.8) is 0 Å². The van der Waals surface area contributed by atoms with E-state index in [0.29, 0.717) is 51.0 Å². The van der Waals surface area contributed by atoms with Crippen molar-refractivity contribution in [3.05, 3.63) is 78.1 Å². The highest BCUT2D eigenvalue weighted by Gasteiger charge is 2.34. The number of imidazole rings is 1. The van der Waals surface area contributed by atoms with E-state index in [0.717, 1.165) is 4.90 Å². The molecule has 0 saturated heterocycles. The summed E-state index contributed by atoms with van der Waals surface area (Å²) in [4.78, 5) is 53.9. The summed E-state index contributed by atoms with van der Waals surface area (Å²) in [6, 6.07) is 13.0. The van der Waals surface area contributed by atoms with Gasteiger partial charge in [-0.2, -0.15) is 4.90 Å². The van der Waals surface area contributed by atoms with Crippen LogP contribution in [0.25, 0.3) is 38.8 Å². The Hall–Kier alpha value is -5.39. The lowest BCUT2D eigenvalue weighted by Crippen LogP contribution is -2.44. The standard InChI is InChI=1S/C35H36FN5O6/c1-9-27-39-30-22(31(42)45-8)17-21(18-26(30)40(27)25-14-16-37-24-12-10-11-23(36)29(24)25)20-13-15-38-28(19-20)41(32(43)46-34(2,3)4)33(44)47-35(5,6)7/h10-19H,9H2,1-8H3. The molecule has 0 fully saturated rings. The predicted molar refractivity (Wildman–Crippen MR) is 175 cm³/mol. The highest BCUT2D eigenvalue weighted by Crippen LogP contribution is 2.35. The number of methoxy groups -OCH3 is 1. The number of imide groups is 1. The topological polar surface area (TPSA) is 126 Å². The van der Waals surface area contributed by atoms with Gasteiger partial charge < -0.3 is 14.2 Å². The average molecular weight is 642 g/mol. The van der Waals surface area contributed by atoms with E-state index in [-0.39, 0.29) is 11.4 Å². The molecule has 3 aromatic heterocycles. The SMILES string of the molecule is CCc1nc2c(C(=O)OC)cc(-c3ccnc(N(C(=O)OC(C)(C)C)C(=O)OC(C)(C)C)c3)cc2n1-c1ccnc2cccc(F)c12. The molecule has 0 aliphatic carbocycles. The van der Waals surface area contributed by atoms with E-state index < -0.39 is 35.2 Å². The molecule has 0 bridgehead atoms. The van der Waals surface area contributed by atoms with Crippen LogP contribution in [-0.4, -0.2) is 56.0 Å². The number of pyridine rings is 2. The summed E-state index contributed by atoms with van der Waals surface area (Å²) in [7, 11) is 1.27. The summed E-state index contributed by atoms with van der Waals surface area (Å²) >= 11 is 0. The molecule has 0 aliphatic heterocycles. The number of carbonyl (C=O) groups excluding carboxylic acids is 3. The van der Waals surface area contributed by atoms with Gasteiger partial charge in [0, 0.05) is 18.8 Å². The third-order valence-corrected chi connectivity index (χ3v) is 6.95. The minimum Gasteiger partial charge on any atom is -0.465 e. The molecule has 0 radical (unpaired) electrons. The van der Waals surface area contributed by atoms with Gasteiger partial charge in [-0.15, -0.1) is 0 Å². The first kappa shape index (κ1) is 33.0. The zero-order valence-corrected chi connectivity index (χ0v) is 27.5. The van der Waals surface area contributed by atoms with Gasteiger partial charge in [0.25, 0.3) is 0 Å². The van der Waals surface area contributed by atoms with Gasteiger partial charge in [-0.1, -0.05) is 13.0 Å². The number of amides is 2. The van der Waals surface area contributed by atoms with Gasteiger partial charge in [0.1, 0.15) is 34.2 Å². The van der Waals surface area contributed by atoms with Crippen LogP contribution in [0.1, 0.15) is 64.6 Å². The molecule has 11 nitrogen and oxygen atoms in total. The Morgan fingerprint density at radius 2 is 1.53 bits per heavy atom. The second kappa shape index (κ2) is 12.4. The smallest absolute Gasteiger partial charge is 0.425 e. The van der Waals surface area contributed by atoms with Gasteiger partial charge >= 0.3 is 18.2 Å². The number of aromatic nitrogens is 4. The number of nitrogens with zero attached hydrogens (tertiary/aromatic N) is 5. The molecule has 12 heteroatoms. The van der Waals surface area contributed by atoms with Crippen molar-refractivity contribution in [1.82, 2.24) is 19.5 Å². The Morgan fingerprint density at radius 3 is 2.15 bits per heavy atom. The first-order chi connectivity index (χ1) is 22.1. The maximum atomic E-state index is 15.3. The predicted octanol–water partition coefficient (Wildman–Crippen LogP) is 7.80. The number of anilines is 1. The monoisotopic (exact) mass is 641 g/mol. The van der Waals surface area contributed by atoms with Gasteiger partial charge in [0.05, 0.1) is 34.8 Å². The van der Waals surface area contributed by atoms with Gasteiger partial charge in [0.2, 0.25) is 0 Å². The maximum Gasteiger partial charge on any atom is 0.425 e. The van der Waals surface area contributed by atoms with Crippen molar-refractivity contribution >= 4 is 45.9 Å². The van der Waals surface area contributed by atoms with Gasteiger partial charge in [-0.3, -0.25) is 9.55 Å². The zero-order chi connectivity index (χ0) is 34.3. The molecule has 47 heavy (non-hydrogen) atoms. The second-order valence-electron chi connectivity index (χ2n) is 12.8. The number of hydrogen-bond donors (Lipinski definition) is 0. The van der Waals surface area contributed by atoms with E-state index in [4.69, 9.17) is 19.2 Å². The third-order valence-electron chi connectivity index (χ3n) is 6.95. The van der Waals surface area contributed by atoms with Crippen molar-refractivity contribution < 1.29 is 33.0 Å². The molecule has 2 aromatic carbocycles. The van der Waals surface area contributed by atoms with E-state index in [9.17, 15) is 14.4 Å². The lowest BCUT2D eigenvalue weighted by atomic mass is 10.0. The second-order valence-corrected chi connectivity index (χ2v) is 12.8. The molecule has 0 spiro atoms. The summed E-state index contributed by atoms with van der Waals surface area (Å²) in [5.41, 5.74) is 1.16. The maximum absolute atomic E-state index is 15.3. The van der Waals surface area contributed by atoms with Crippen LogP contribution in [0.3, 0.4) is 0 Å². The fourth-order valence-corrected chi connectivity index (χ4v) is 5.09. The Kier molecular flexibility index (Phi) is 8.72. The fourth-order valence-electron chi connectivity index (χ4n) is 5.09. The minimum atomic E-state index is -0.973. The molecule has 5 rings (SSSR count). The Labute approximate surface area is 271 Å². The number of carbonyl (C=O) groups is 3. The number of halogens is 1.